The van der Waals surface area contributed by atoms with Crippen molar-refractivity contribution in [2.75, 3.05) is 21.3 Å². The van der Waals surface area contributed by atoms with E-state index in [2.05, 4.69) is 0 Å². The number of halogens is 5. The molecule has 0 unspecified atom stereocenters. The van der Waals surface area contributed by atoms with E-state index in [0.29, 0.717) is 12.1 Å². The van der Waals surface area contributed by atoms with Crippen LogP contribution in [0.25, 0.3) is 5.83 Å². The van der Waals surface area contributed by atoms with Crippen molar-refractivity contribution in [2.24, 2.45) is 0 Å². The molecule has 158 valence electrons. The average molecular weight is 438 g/mol. The number of sulfone groups is 1. The lowest BCUT2D eigenvalue weighted by molar-refractivity contribution is 0.324. The predicted octanol–water partition coefficient (Wildman–Crippen LogP) is 4.31. The minimum atomic E-state index is -4.97. The Morgan fingerprint density at radius 1 is 0.897 bits per heavy atom. The van der Waals surface area contributed by atoms with Gasteiger partial charge in [0.25, 0.3) is 5.16 Å². The zero-order valence-electron chi connectivity index (χ0n) is 15.4. The van der Waals surface area contributed by atoms with Crippen LogP contribution in [0.2, 0.25) is 0 Å². The van der Waals surface area contributed by atoms with Crippen molar-refractivity contribution in [2.45, 2.75) is 5.75 Å². The quantitative estimate of drug-likeness (QED) is 0.476. The first-order chi connectivity index (χ1) is 13.6. The molecule has 0 saturated carbocycles. The van der Waals surface area contributed by atoms with E-state index in [1.807, 2.05) is 0 Å². The molecule has 0 radical (unpaired) electrons. The summed E-state index contributed by atoms with van der Waals surface area (Å²) in [4.78, 5) is 0. The summed E-state index contributed by atoms with van der Waals surface area (Å²) in [6.45, 7) is 0. The molecule has 0 atom stereocenters. The summed E-state index contributed by atoms with van der Waals surface area (Å²) >= 11 is 0. The third kappa shape index (κ3) is 4.44. The van der Waals surface area contributed by atoms with Gasteiger partial charge >= 0.3 is 0 Å². The van der Waals surface area contributed by atoms with Crippen molar-refractivity contribution in [1.29, 1.82) is 0 Å². The minimum Gasteiger partial charge on any atom is -0.493 e. The summed E-state index contributed by atoms with van der Waals surface area (Å²) in [5.74, 6) is -8.74. The number of methoxy groups -OCH3 is 3. The second-order valence-corrected chi connectivity index (χ2v) is 7.48. The van der Waals surface area contributed by atoms with E-state index in [9.17, 15) is 30.4 Å². The first-order valence-corrected chi connectivity index (χ1v) is 9.43. The monoisotopic (exact) mass is 438 g/mol. The van der Waals surface area contributed by atoms with Gasteiger partial charge < -0.3 is 14.2 Å². The van der Waals surface area contributed by atoms with E-state index >= 15 is 0 Å². The summed E-state index contributed by atoms with van der Waals surface area (Å²) in [5, 5.41) is -2.34. The molecular formula is C18H15F5O5S. The van der Waals surface area contributed by atoms with Gasteiger partial charge in [-0.3, -0.25) is 0 Å². The summed E-state index contributed by atoms with van der Waals surface area (Å²) in [7, 11) is -1.13. The van der Waals surface area contributed by atoms with Crippen LogP contribution in [0.15, 0.2) is 29.4 Å². The lowest BCUT2D eigenvalue weighted by Gasteiger charge is -2.14. The maximum atomic E-state index is 14.3. The second kappa shape index (κ2) is 8.68. The second-order valence-electron chi connectivity index (χ2n) is 5.60. The van der Waals surface area contributed by atoms with Crippen molar-refractivity contribution >= 4 is 15.7 Å². The van der Waals surface area contributed by atoms with Gasteiger partial charge in [0, 0.05) is 0 Å². The fourth-order valence-electron chi connectivity index (χ4n) is 2.44. The number of benzene rings is 2. The van der Waals surface area contributed by atoms with Gasteiger partial charge in [-0.25, -0.2) is 26.0 Å². The zero-order chi connectivity index (χ0) is 21.9. The highest BCUT2D eigenvalue weighted by Crippen LogP contribution is 2.39. The molecule has 29 heavy (non-hydrogen) atoms. The molecule has 2 aromatic rings. The van der Waals surface area contributed by atoms with E-state index in [0.717, 1.165) is 0 Å². The lowest BCUT2D eigenvalue weighted by atomic mass is 10.2. The van der Waals surface area contributed by atoms with Gasteiger partial charge in [0.2, 0.25) is 15.6 Å². The summed E-state index contributed by atoms with van der Waals surface area (Å²) in [6, 6.07) is 3.12. The highest BCUT2D eigenvalue weighted by molar-refractivity contribution is 7.94. The van der Waals surface area contributed by atoms with Crippen molar-refractivity contribution in [3.63, 3.8) is 0 Å². The molecule has 0 amide bonds. The molecule has 0 N–H and O–H groups in total. The van der Waals surface area contributed by atoms with E-state index in [1.165, 1.54) is 33.5 Å². The Kier molecular flexibility index (Phi) is 6.73. The molecule has 11 heteroatoms. The van der Waals surface area contributed by atoms with Crippen molar-refractivity contribution in [1.82, 2.24) is 0 Å². The third-order valence-corrected chi connectivity index (χ3v) is 5.24. The molecule has 2 rings (SSSR count). The first kappa shape index (κ1) is 22.5. The molecule has 0 heterocycles. The van der Waals surface area contributed by atoms with Crippen LogP contribution in [-0.2, 0) is 15.6 Å². The molecule has 5 nitrogen and oxygen atoms in total. The largest absolute Gasteiger partial charge is 0.493 e. The summed E-state index contributed by atoms with van der Waals surface area (Å²) in [6.07, 6.45) is 0. The van der Waals surface area contributed by atoms with Crippen LogP contribution < -0.4 is 14.2 Å². The Bertz CT molecular complexity index is 1040. The van der Waals surface area contributed by atoms with Crippen LogP contribution in [0.5, 0.6) is 17.2 Å². The molecule has 0 bridgehead atoms. The van der Waals surface area contributed by atoms with Gasteiger partial charge in [-0.2, -0.15) is 4.39 Å². The van der Waals surface area contributed by atoms with Gasteiger partial charge in [0.1, 0.15) is 0 Å². The van der Waals surface area contributed by atoms with Crippen LogP contribution >= 0.6 is 0 Å². The van der Waals surface area contributed by atoms with E-state index in [4.69, 9.17) is 14.2 Å². The minimum absolute atomic E-state index is 0.0618. The maximum absolute atomic E-state index is 14.3. The predicted molar refractivity (Wildman–Crippen MR) is 94.2 cm³/mol. The van der Waals surface area contributed by atoms with Gasteiger partial charge in [-0.1, -0.05) is 0 Å². The Balaban J connectivity index is 2.51. The summed E-state index contributed by atoms with van der Waals surface area (Å²) in [5.41, 5.74) is -1.43. The fourth-order valence-corrected chi connectivity index (χ4v) is 3.55. The van der Waals surface area contributed by atoms with Crippen molar-refractivity contribution < 1.29 is 44.6 Å². The highest BCUT2D eigenvalue weighted by Gasteiger charge is 2.28. The molecule has 0 aliphatic heterocycles. The lowest BCUT2D eigenvalue weighted by Crippen LogP contribution is -2.08. The SMILES string of the molecule is COc1cc(CS(=O)(=O)/C(F)=C(\F)c2ccc(F)c(F)c2F)cc(OC)c1OC. The maximum Gasteiger partial charge on any atom is 0.251 e. The van der Waals surface area contributed by atoms with Gasteiger partial charge in [-0.05, 0) is 29.8 Å². The first-order valence-electron chi connectivity index (χ1n) is 7.78. The van der Waals surface area contributed by atoms with Gasteiger partial charge in [0.05, 0.1) is 32.6 Å². The Morgan fingerprint density at radius 3 is 1.93 bits per heavy atom. The van der Waals surface area contributed by atoms with Crippen LogP contribution in [0.1, 0.15) is 11.1 Å². The topological polar surface area (TPSA) is 61.8 Å². The third-order valence-electron chi connectivity index (χ3n) is 3.80. The summed E-state index contributed by atoms with van der Waals surface area (Å²) < 4.78 is 108. The molecule has 0 spiro atoms. The van der Waals surface area contributed by atoms with Crippen molar-refractivity contribution in [3.05, 3.63) is 58.0 Å². The van der Waals surface area contributed by atoms with Crippen molar-refractivity contribution in [3.8, 4) is 17.2 Å². The normalized spacial score (nSPS) is 12.4. The molecule has 0 fully saturated rings. The molecule has 0 aliphatic carbocycles. The van der Waals surface area contributed by atoms with Crippen LogP contribution in [-0.4, -0.2) is 29.7 Å². The molecule has 0 saturated heterocycles. The number of rotatable bonds is 7. The molecule has 2 aromatic carbocycles. The number of ether oxygens (including phenoxy) is 3. The van der Waals surface area contributed by atoms with E-state index in [-0.39, 0.29) is 22.8 Å². The molecule has 0 aliphatic rings. The smallest absolute Gasteiger partial charge is 0.251 e. The Hall–Kier alpha value is -2.82. The Morgan fingerprint density at radius 2 is 1.45 bits per heavy atom. The van der Waals surface area contributed by atoms with E-state index < -0.39 is 49.6 Å². The standard InChI is InChI=1S/C18H15F5O5S/c1-26-12-6-9(7-13(27-2)17(12)28-3)8-29(24,25)18(23)15(21)10-4-5-11(19)16(22)14(10)20/h4-7H,8H2,1-3H3/b18-15-. The number of hydrogen-bond donors (Lipinski definition) is 0. The van der Waals surface area contributed by atoms with E-state index in [1.54, 1.807) is 0 Å². The molecular weight excluding hydrogens is 423 g/mol. The Labute approximate surface area is 163 Å². The zero-order valence-corrected chi connectivity index (χ0v) is 16.2. The number of hydrogen-bond acceptors (Lipinski definition) is 5. The molecule has 0 aromatic heterocycles. The van der Waals surface area contributed by atoms with Crippen LogP contribution in [0, 0.1) is 17.5 Å². The van der Waals surface area contributed by atoms with Crippen LogP contribution in [0.4, 0.5) is 22.0 Å². The van der Waals surface area contributed by atoms with Gasteiger partial charge in [-0.15, -0.1) is 0 Å². The average Bonchev–Trinajstić information content (AvgIpc) is 2.69. The fraction of sp³-hybridized carbons (Fsp3) is 0.222. The van der Waals surface area contributed by atoms with Gasteiger partial charge in [0.15, 0.2) is 34.8 Å². The van der Waals surface area contributed by atoms with Crippen LogP contribution in [0.3, 0.4) is 0 Å². The highest BCUT2D eigenvalue weighted by atomic mass is 32.2.